The zero-order valence-corrected chi connectivity index (χ0v) is 9.02. The Labute approximate surface area is 81.2 Å². The zero-order valence-electron chi connectivity index (χ0n) is 9.02. The monoisotopic (exact) mass is 177 g/mol. The van der Waals surface area contributed by atoms with Crippen molar-refractivity contribution in [3.8, 4) is 0 Å². The van der Waals surface area contributed by atoms with Crippen molar-refractivity contribution in [2.75, 3.05) is 6.54 Å². The van der Waals surface area contributed by atoms with Crippen molar-refractivity contribution in [2.24, 2.45) is 0 Å². The lowest BCUT2D eigenvalue weighted by molar-refractivity contribution is 0.595. The second kappa shape index (κ2) is 4.43. The van der Waals surface area contributed by atoms with E-state index in [0.29, 0.717) is 6.04 Å². The zero-order chi connectivity index (χ0) is 9.84. The van der Waals surface area contributed by atoms with Crippen LogP contribution in [0.4, 0.5) is 0 Å². The predicted molar refractivity (Wildman–Crippen MR) is 58.0 cm³/mol. The maximum atomic E-state index is 3.42. The van der Waals surface area contributed by atoms with Gasteiger partial charge >= 0.3 is 0 Å². The molecule has 0 radical (unpaired) electrons. The standard InChI is InChI=1S/C12H19N/c1-5-13-11(4)12-7-6-9(2)8-10(12)3/h6-8,11,13H,5H2,1-4H3. The molecule has 1 nitrogen and oxygen atoms in total. The number of aryl methyl sites for hydroxylation is 2. The Hall–Kier alpha value is -0.820. The number of rotatable bonds is 3. The molecule has 0 aliphatic heterocycles. The minimum Gasteiger partial charge on any atom is -0.310 e. The normalized spacial score (nSPS) is 12.9. The van der Waals surface area contributed by atoms with Gasteiger partial charge in [0.1, 0.15) is 0 Å². The van der Waals surface area contributed by atoms with E-state index in [4.69, 9.17) is 0 Å². The summed E-state index contributed by atoms with van der Waals surface area (Å²) in [7, 11) is 0. The van der Waals surface area contributed by atoms with Crippen molar-refractivity contribution in [3.05, 3.63) is 34.9 Å². The molecule has 0 bridgehead atoms. The van der Waals surface area contributed by atoms with Gasteiger partial charge in [0, 0.05) is 6.04 Å². The summed E-state index contributed by atoms with van der Waals surface area (Å²) in [5.41, 5.74) is 4.13. The second-order valence-electron chi connectivity index (χ2n) is 3.64. The van der Waals surface area contributed by atoms with Crippen molar-refractivity contribution in [1.29, 1.82) is 0 Å². The van der Waals surface area contributed by atoms with Crippen molar-refractivity contribution in [3.63, 3.8) is 0 Å². The molecule has 0 aliphatic rings. The van der Waals surface area contributed by atoms with Crippen LogP contribution in [0.1, 0.15) is 36.6 Å². The Balaban J connectivity index is 2.88. The quantitative estimate of drug-likeness (QED) is 0.748. The van der Waals surface area contributed by atoms with E-state index in [-0.39, 0.29) is 0 Å². The van der Waals surface area contributed by atoms with Crippen LogP contribution in [0.3, 0.4) is 0 Å². The highest BCUT2D eigenvalue weighted by atomic mass is 14.9. The summed E-state index contributed by atoms with van der Waals surface area (Å²) in [6.07, 6.45) is 0. The molecule has 1 heteroatoms. The molecule has 0 saturated carbocycles. The Kier molecular flexibility index (Phi) is 3.49. The fourth-order valence-electron chi connectivity index (χ4n) is 1.73. The van der Waals surface area contributed by atoms with Gasteiger partial charge in [-0.2, -0.15) is 0 Å². The van der Waals surface area contributed by atoms with Crippen LogP contribution in [0, 0.1) is 13.8 Å². The minimum absolute atomic E-state index is 0.464. The van der Waals surface area contributed by atoms with Crippen LogP contribution in [-0.4, -0.2) is 6.54 Å². The summed E-state index contributed by atoms with van der Waals surface area (Å²) in [5, 5.41) is 3.42. The average Bonchev–Trinajstić information content (AvgIpc) is 2.04. The molecule has 72 valence electrons. The molecule has 0 fully saturated rings. The van der Waals surface area contributed by atoms with Gasteiger partial charge in [0.15, 0.2) is 0 Å². The molecular weight excluding hydrogens is 158 g/mol. The molecular formula is C12H19N. The number of nitrogens with one attached hydrogen (secondary N) is 1. The largest absolute Gasteiger partial charge is 0.310 e. The van der Waals surface area contributed by atoms with Gasteiger partial charge in [0.2, 0.25) is 0 Å². The van der Waals surface area contributed by atoms with E-state index in [1.807, 2.05) is 0 Å². The molecule has 0 spiro atoms. The molecule has 0 amide bonds. The maximum Gasteiger partial charge on any atom is 0.0294 e. The van der Waals surface area contributed by atoms with Crippen LogP contribution in [0.25, 0.3) is 0 Å². The van der Waals surface area contributed by atoms with Crippen LogP contribution in [0.2, 0.25) is 0 Å². The summed E-state index contributed by atoms with van der Waals surface area (Å²) in [4.78, 5) is 0. The molecule has 1 aromatic rings. The Morgan fingerprint density at radius 3 is 2.54 bits per heavy atom. The smallest absolute Gasteiger partial charge is 0.0294 e. The highest BCUT2D eigenvalue weighted by Gasteiger charge is 2.05. The van der Waals surface area contributed by atoms with E-state index < -0.39 is 0 Å². The average molecular weight is 177 g/mol. The summed E-state index contributed by atoms with van der Waals surface area (Å²) >= 11 is 0. The highest BCUT2D eigenvalue weighted by Crippen LogP contribution is 2.17. The minimum atomic E-state index is 0.464. The summed E-state index contributed by atoms with van der Waals surface area (Å²) in [6.45, 7) is 9.68. The molecule has 0 aromatic heterocycles. The van der Waals surface area contributed by atoms with Crippen molar-refractivity contribution in [1.82, 2.24) is 5.32 Å². The van der Waals surface area contributed by atoms with E-state index >= 15 is 0 Å². The van der Waals surface area contributed by atoms with Gasteiger partial charge in [0.05, 0.1) is 0 Å². The Morgan fingerprint density at radius 1 is 1.31 bits per heavy atom. The number of hydrogen-bond acceptors (Lipinski definition) is 1. The third-order valence-electron chi connectivity index (χ3n) is 2.40. The number of benzene rings is 1. The lowest BCUT2D eigenvalue weighted by atomic mass is 10.0. The Morgan fingerprint density at radius 2 is 2.00 bits per heavy atom. The van der Waals surface area contributed by atoms with Gasteiger partial charge in [0.25, 0.3) is 0 Å². The molecule has 13 heavy (non-hydrogen) atoms. The second-order valence-corrected chi connectivity index (χ2v) is 3.64. The highest BCUT2D eigenvalue weighted by molar-refractivity contribution is 5.32. The van der Waals surface area contributed by atoms with Gasteiger partial charge in [-0.1, -0.05) is 30.7 Å². The van der Waals surface area contributed by atoms with E-state index in [1.54, 1.807) is 0 Å². The molecule has 0 aliphatic carbocycles. The summed E-state index contributed by atoms with van der Waals surface area (Å²) in [6, 6.07) is 7.10. The molecule has 0 heterocycles. The topological polar surface area (TPSA) is 12.0 Å². The van der Waals surface area contributed by atoms with E-state index in [1.165, 1.54) is 16.7 Å². The first-order chi connectivity index (χ1) is 6.15. The lowest BCUT2D eigenvalue weighted by Gasteiger charge is -2.15. The van der Waals surface area contributed by atoms with E-state index in [0.717, 1.165) is 6.54 Å². The fourth-order valence-corrected chi connectivity index (χ4v) is 1.73. The lowest BCUT2D eigenvalue weighted by Crippen LogP contribution is -2.18. The third-order valence-corrected chi connectivity index (χ3v) is 2.40. The Bertz CT molecular complexity index is 278. The molecule has 1 rings (SSSR count). The van der Waals surface area contributed by atoms with Crippen LogP contribution in [0.15, 0.2) is 18.2 Å². The van der Waals surface area contributed by atoms with Gasteiger partial charge in [-0.05, 0) is 38.4 Å². The SMILES string of the molecule is CCNC(C)c1ccc(C)cc1C. The van der Waals surface area contributed by atoms with Crippen molar-refractivity contribution in [2.45, 2.75) is 33.7 Å². The summed E-state index contributed by atoms with van der Waals surface area (Å²) in [5.74, 6) is 0. The first-order valence-electron chi connectivity index (χ1n) is 4.95. The first kappa shape index (κ1) is 10.3. The fraction of sp³-hybridized carbons (Fsp3) is 0.500. The molecule has 1 unspecified atom stereocenters. The molecule has 1 N–H and O–H groups in total. The van der Waals surface area contributed by atoms with Crippen LogP contribution in [0.5, 0.6) is 0 Å². The van der Waals surface area contributed by atoms with E-state index in [2.05, 4.69) is 51.2 Å². The van der Waals surface area contributed by atoms with Gasteiger partial charge in [-0.15, -0.1) is 0 Å². The van der Waals surface area contributed by atoms with E-state index in [9.17, 15) is 0 Å². The maximum absolute atomic E-state index is 3.42. The predicted octanol–water partition coefficient (Wildman–Crippen LogP) is 2.97. The van der Waals surface area contributed by atoms with Gasteiger partial charge in [-0.25, -0.2) is 0 Å². The van der Waals surface area contributed by atoms with Gasteiger partial charge < -0.3 is 5.32 Å². The molecule has 0 saturated heterocycles. The number of hydrogen-bond donors (Lipinski definition) is 1. The van der Waals surface area contributed by atoms with Crippen molar-refractivity contribution < 1.29 is 0 Å². The third kappa shape index (κ3) is 2.56. The summed E-state index contributed by atoms with van der Waals surface area (Å²) < 4.78 is 0. The first-order valence-corrected chi connectivity index (χ1v) is 4.95. The molecule has 1 atom stereocenters. The van der Waals surface area contributed by atoms with Crippen LogP contribution < -0.4 is 5.32 Å². The van der Waals surface area contributed by atoms with Crippen LogP contribution >= 0.6 is 0 Å². The van der Waals surface area contributed by atoms with Crippen molar-refractivity contribution >= 4 is 0 Å². The van der Waals surface area contributed by atoms with Crippen LogP contribution in [-0.2, 0) is 0 Å². The molecule has 1 aromatic carbocycles. The van der Waals surface area contributed by atoms with Gasteiger partial charge in [-0.3, -0.25) is 0 Å².